The SMILES string of the molecule is COc1ccc(/C=C2\C(=O)NC(=O)N(c3ccc(OCc4ccccc4)cc3)C2=O)c(OCc2cc(C)cc(C)c2)c1. The second-order valence-corrected chi connectivity index (χ2v) is 9.91. The zero-order chi connectivity index (χ0) is 29.6. The van der Waals surface area contributed by atoms with Crippen LogP contribution in [0.15, 0.2) is 96.6 Å². The minimum absolute atomic E-state index is 0.208. The van der Waals surface area contributed by atoms with Crippen molar-refractivity contribution in [3.63, 3.8) is 0 Å². The predicted octanol–water partition coefficient (Wildman–Crippen LogP) is 6.14. The van der Waals surface area contributed by atoms with Crippen molar-refractivity contribution in [1.82, 2.24) is 5.32 Å². The van der Waals surface area contributed by atoms with Crippen LogP contribution >= 0.6 is 0 Å². The molecule has 1 heterocycles. The molecule has 0 aliphatic carbocycles. The van der Waals surface area contributed by atoms with E-state index in [0.29, 0.717) is 35.1 Å². The van der Waals surface area contributed by atoms with E-state index in [9.17, 15) is 14.4 Å². The Morgan fingerprint density at radius 3 is 2.10 bits per heavy atom. The maximum atomic E-state index is 13.5. The third-order valence-electron chi connectivity index (χ3n) is 6.64. The lowest BCUT2D eigenvalue weighted by Gasteiger charge is -2.26. The summed E-state index contributed by atoms with van der Waals surface area (Å²) in [6, 6.07) is 26.6. The molecule has 4 amide bonds. The van der Waals surface area contributed by atoms with E-state index in [1.807, 2.05) is 56.3 Å². The average molecular weight is 563 g/mol. The molecule has 0 saturated carbocycles. The fourth-order valence-corrected chi connectivity index (χ4v) is 4.68. The van der Waals surface area contributed by atoms with Crippen LogP contribution in [-0.2, 0) is 22.8 Å². The van der Waals surface area contributed by atoms with E-state index in [-0.39, 0.29) is 12.2 Å². The lowest BCUT2D eigenvalue weighted by Crippen LogP contribution is -2.54. The van der Waals surface area contributed by atoms with E-state index in [0.717, 1.165) is 27.2 Å². The number of aryl methyl sites for hydroxylation is 2. The summed E-state index contributed by atoms with van der Waals surface area (Å²) >= 11 is 0. The Morgan fingerprint density at radius 2 is 1.40 bits per heavy atom. The summed E-state index contributed by atoms with van der Waals surface area (Å²) in [5.74, 6) is 0.00408. The highest BCUT2D eigenvalue weighted by Gasteiger charge is 2.37. The largest absolute Gasteiger partial charge is 0.497 e. The number of methoxy groups -OCH3 is 1. The first kappa shape index (κ1) is 28.2. The number of hydrogen-bond acceptors (Lipinski definition) is 6. The molecule has 42 heavy (non-hydrogen) atoms. The Hall–Kier alpha value is -5.37. The van der Waals surface area contributed by atoms with Gasteiger partial charge in [-0.05, 0) is 67.4 Å². The van der Waals surface area contributed by atoms with Crippen LogP contribution in [0.2, 0.25) is 0 Å². The van der Waals surface area contributed by atoms with Crippen molar-refractivity contribution >= 4 is 29.6 Å². The summed E-state index contributed by atoms with van der Waals surface area (Å²) < 4.78 is 17.3. The van der Waals surface area contributed by atoms with Crippen LogP contribution in [0.5, 0.6) is 17.2 Å². The third-order valence-corrected chi connectivity index (χ3v) is 6.64. The van der Waals surface area contributed by atoms with E-state index in [4.69, 9.17) is 14.2 Å². The summed E-state index contributed by atoms with van der Waals surface area (Å²) in [4.78, 5) is 40.0. The molecule has 5 rings (SSSR count). The minimum atomic E-state index is -0.832. The maximum absolute atomic E-state index is 13.5. The molecule has 8 heteroatoms. The van der Waals surface area contributed by atoms with Crippen molar-refractivity contribution in [3.8, 4) is 17.2 Å². The van der Waals surface area contributed by atoms with E-state index >= 15 is 0 Å². The Labute approximate surface area is 244 Å². The molecule has 0 spiro atoms. The van der Waals surface area contributed by atoms with Gasteiger partial charge in [0.25, 0.3) is 11.8 Å². The molecule has 1 saturated heterocycles. The van der Waals surface area contributed by atoms with Crippen LogP contribution < -0.4 is 24.4 Å². The Bertz CT molecular complexity index is 1640. The quantitative estimate of drug-likeness (QED) is 0.195. The molecule has 0 bridgehead atoms. The molecule has 1 fully saturated rings. The predicted molar refractivity (Wildman–Crippen MR) is 159 cm³/mol. The lowest BCUT2D eigenvalue weighted by molar-refractivity contribution is -0.122. The van der Waals surface area contributed by atoms with Gasteiger partial charge in [0, 0.05) is 11.6 Å². The van der Waals surface area contributed by atoms with Gasteiger partial charge in [0.1, 0.15) is 36.0 Å². The molecule has 0 unspecified atom stereocenters. The minimum Gasteiger partial charge on any atom is -0.497 e. The van der Waals surface area contributed by atoms with Gasteiger partial charge in [-0.3, -0.25) is 14.9 Å². The number of benzene rings is 4. The lowest BCUT2D eigenvalue weighted by atomic mass is 10.1. The Morgan fingerprint density at radius 1 is 0.738 bits per heavy atom. The molecule has 212 valence electrons. The highest BCUT2D eigenvalue weighted by atomic mass is 16.5. The van der Waals surface area contributed by atoms with Gasteiger partial charge in [-0.2, -0.15) is 0 Å². The first-order valence-electron chi connectivity index (χ1n) is 13.4. The highest BCUT2D eigenvalue weighted by Crippen LogP contribution is 2.30. The standard InChI is InChI=1S/C34H30N2O6/c1-22-15-23(2)17-25(16-22)21-42-31-19-29(40-3)12-9-26(31)18-30-32(37)35-34(39)36(33(30)38)27-10-13-28(14-11-27)41-20-24-7-5-4-6-8-24/h4-19H,20-21H2,1-3H3,(H,35,37,39)/b30-18+. The number of carbonyl (C=O) groups is 3. The fraction of sp³-hybridized carbons (Fsp3) is 0.147. The molecule has 0 radical (unpaired) electrons. The van der Waals surface area contributed by atoms with Gasteiger partial charge in [-0.1, -0.05) is 59.7 Å². The van der Waals surface area contributed by atoms with Gasteiger partial charge in [0.05, 0.1) is 12.8 Å². The zero-order valence-corrected chi connectivity index (χ0v) is 23.5. The van der Waals surface area contributed by atoms with Crippen LogP contribution in [0.1, 0.15) is 27.8 Å². The van der Waals surface area contributed by atoms with Gasteiger partial charge in [-0.25, -0.2) is 9.69 Å². The number of barbiturate groups is 1. The number of nitrogens with zero attached hydrogens (tertiary/aromatic N) is 1. The topological polar surface area (TPSA) is 94.2 Å². The maximum Gasteiger partial charge on any atom is 0.335 e. The highest BCUT2D eigenvalue weighted by molar-refractivity contribution is 6.39. The van der Waals surface area contributed by atoms with E-state index in [2.05, 4.69) is 11.4 Å². The third kappa shape index (κ3) is 6.50. The number of anilines is 1. The molecule has 0 aromatic heterocycles. The van der Waals surface area contributed by atoms with Gasteiger partial charge in [0.2, 0.25) is 0 Å². The van der Waals surface area contributed by atoms with Gasteiger partial charge >= 0.3 is 6.03 Å². The van der Waals surface area contributed by atoms with E-state index < -0.39 is 17.8 Å². The second kappa shape index (κ2) is 12.4. The van der Waals surface area contributed by atoms with Crippen molar-refractivity contribution in [1.29, 1.82) is 0 Å². The Kier molecular flexibility index (Phi) is 8.34. The number of nitrogens with one attached hydrogen (secondary N) is 1. The first-order chi connectivity index (χ1) is 20.3. The molecule has 4 aromatic rings. The molecule has 1 aliphatic rings. The number of hydrogen-bond donors (Lipinski definition) is 1. The van der Waals surface area contributed by atoms with Gasteiger partial charge < -0.3 is 14.2 Å². The molecule has 4 aromatic carbocycles. The number of imide groups is 2. The normalized spacial score (nSPS) is 14.1. The summed E-state index contributed by atoms with van der Waals surface area (Å²) in [6.07, 6.45) is 1.42. The second-order valence-electron chi connectivity index (χ2n) is 9.91. The van der Waals surface area contributed by atoms with Gasteiger partial charge in [0.15, 0.2) is 0 Å². The molecule has 1 N–H and O–H groups in total. The first-order valence-corrected chi connectivity index (χ1v) is 13.4. The van der Waals surface area contributed by atoms with E-state index in [1.165, 1.54) is 6.08 Å². The summed E-state index contributed by atoms with van der Waals surface area (Å²) in [6.45, 7) is 4.68. The molecule has 0 atom stereocenters. The fourth-order valence-electron chi connectivity index (χ4n) is 4.68. The Balaban J connectivity index is 1.38. The number of carbonyl (C=O) groups excluding carboxylic acids is 3. The van der Waals surface area contributed by atoms with Crippen LogP contribution in [0, 0.1) is 13.8 Å². The van der Waals surface area contributed by atoms with Crippen molar-refractivity contribution < 1.29 is 28.6 Å². The smallest absolute Gasteiger partial charge is 0.335 e. The summed E-state index contributed by atoms with van der Waals surface area (Å²) in [7, 11) is 1.54. The van der Waals surface area contributed by atoms with Crippen LogP contribution in [0.25, 0.3) is 6.08 Å². The monoisotopic (exact) mass is 562 g/mol. The van der Waals surface area contributed by atoms with Crippen molar-refractivity contribution in [2.75, 3.05) is 12.0 Å². The van der Waals surface area contributed by atoms with Crippen LogP contribution in [-0.4, -0.2) is 25.0 Å². The summed E-state index contributed by atoms with van der Waals surface area (Å²) in [5, 5.41) is 2.26. The number of amides is 4. The number of urea groups is 1. The van der Waals surface area contributed by atoms with Crippen molar-refractivity contribution in [3.05, 3.63) is 124 Å². The molecule has 1 aliphatic heterocycles. The molecular formula is C34H30N2O6. The molecular weight excluding hydrogens is 532 g/mol. The zero-order valence-electron chi connectivity index (χ0n) is 23.5. The molecule has 8 nitrogen and oxygen atoms in total. The average Bonchev–Trinajstić information content (AvgIpc) is 2.98. The van der Waals surface area contributed by atoms with Crippen molar-refractivity contribution in [2.24, 2.45) is 0 Å². The number of ether oxygens (including phenoxy) is 3. The van der Waals surface area contributed by atoms with E-state index in [1.54, 1.807) is 49.6 Å². The van der Waals surface area contributed by atoms with Crippen molar-refractivity contribution in [2.45, 2.75) is 27.1 Å². The van der Waals surface area contributed by atoms with Crippen LogP contribution in [0.4, 0.5) is 10.5 Å². The van der Waals surface area contributed by atoms with Crippen LogP contribution in [0.3, 0.4) is 0 Å². The number of rotatable bonds is 9. The van der Waals surface area contributed by atoms with Gasteiger partial charge in [-0.15, -0.1) is 0 Å². The summed E-state index contributed by atoms with van der Waals surface area (Å²) in [5.41, 5.74) is 4.80.